The molecule has 1 aliphatic rings. The molecule has 0 atom stereocenters. The number of nitrogens with one attached hydrogen (secondary N) is 1. The standard InChI is InChI=1S/C11H16N2/c1-2-13-9-5-8-12-10-6-3-4-7-11(10)13/h3-4,6-7,12H,2,5,8-9H2,1H3. The van der Waals surface area contributed by atoms with Crippen molar-refractivity contribution in [1.82, 2.24) is 0 Å². The predicted molar refractivity (Wildman–Crippen MR) is 57.4 cm³/mol. The number of hydrogen-bond acceptors (Lipinski definition) is 2. The van der Waals surface area contributed by atoms with Crippen LogP contribution in [0.1, 0.15) is 13.3 Å². The van der Waals surface area contributed by atoms with Crippen molar-refractivity contribution < 1.29 is 0 Å². The minimum absolute atomic E-state index is 1.09. The van der Waals surface area contributed by atoms with Gasteiger partial charge in [0.1, 0.15) is 0 Å². The van der Waals surface area contributed by atoms with Gasteiger partial charge in [0, 0.05) is 19.6 Å². The number of nitrogens with zero attached hydrogens (tertiary/aromatic N) is 1. The zero-order valence-electron chi connectivity index (χ0n) is 8.09. The normalized spacial score (nSPS) is 15.9. The summed E-state index contributed by atoms with van der Waals surface area (Å²) in [5, 5.41) is 3.45. The lowest BCUT2D eigenvalue weighted by molar-refractivity contribution is 0.786. The lowest BCUT2D eigenvalue weighted by Crippen LogP contribution is -2.22. The molecule has 0 amide bonds. The van der Waals surface area contributed by atoms with Gasteiger partial charge in [-0.1, -0.05) is 12.1 Å². The second kappa shape index (κ2) is 3.69. The number of anilines is 2. The minimum Gasteiger partial charge on any atom is -0.383 e. The Morgan fingerprint density at radius 3 is 3.08 bits per heavy atom. The fourth-order valence-electron chi connectivity index (χ4n) is 1.84. The Balaban J connectivity index is 2.35. The Bertz CT molecular complexity index is 283. The van der Waals surface area contributed by atoms with Gasteiger partial charge in [-0.05, 0) is 25.5 Å². The van der Waals surface area contributed by atoms with Gasteiger partial charge in [0.15, 0.2) is 0 Å². The van der Waals surface area contributed by atoms with Crippen molar-refractivity contribution in [3.05, 3.63) is 24.3 Å². The molecule has 2 nitrogen and oxygen atoms in total. The number of rotatable bonds is 1. The summed E-state index contributed by atoms with van der Waals surface area (Å²) in [7, 11) is 0. The van der Waals surface area contributed by atoms with E-state index in [4.69, 9.17) is 0 Å². The van der Waals surface area contributed by atoms with Crippen molar-refractivity contribution in [2.45, 2.75) is 13.3 Å². The van der Waals surface area contributed by atoms with Gasteiger partial charge in [0.2, 0.25) is 0 Å². The largest absolute Gasteiger partial charge is 0.383 e. The molecule has 0 spiro atoms. The molecular formula is C11H16N2. The highest BCUT2D eigenvalue weighted by atomic mass is 15.2. The van der Waals surface area contributed by atoms with Crippen LogP contribution in [0, 0.1) is 0 Å². The van der Waals surface area contributed by atoms with E-state index in [1.807, 2.05) is 0 Å². The third kappa shape index (κ3) is 1.62. The van der Waals surface area contributed by atoms with Gasteiger partial charge < -0.3 is 10.2 Å². The summed E-state index contributed by atoms with van der Waals surface area (Å²) < 4.78 is 0. The molecule has 1 N–H and O–H groups in total. The van der Waals surface area contributed by atoms with Crippen molar-refractivity contribution in [1.29, 1.82) is 0 Å². The highest BCUT2D eigenvalue weighted by Gasteiger charge is 2.11. The van der Waals surface area contributed by atoms with Crippen LogP contribution in [0.15, 0.2) is 24.3 Å². The maximum Gasteiger partial charge on any atom is 0.0601 e. The molecule has 0 bridgehead atoms. The summed E-state index contributed by atoms with van der Waals surface area (Å²) in [5.41, 5.74) is 2.63. The molecule has 1 aromatic rings. The van der Waals surface area contributed by atoms with E-state index in [0.717, 1.165) is 13.1 Å². The Kier molecular flexibility index (Phi) is 2.39. The monoisotopic (exact) mass is 176 g/mol. The third-order valence-corrected chi connectivity index (χ3v) is 2.55. The first-order valence-corrected chi connectivity index (χ1v) is 4.99. The average Bonchev–Trinajstić information content (AvgIpc) is 2.39. The molecule has 1 heterocycles. The lowest BCUT2D eigenvalue weighted by Gasteiger charge is -2.22. The molecule has 0 radical (unpaired) electrons. The summed E-state index contributed by atoms with van der Waals surface area (Å²) in [6.07, 6.45) is 1.22. The van der Waals surface area contributed by atoms with E-state index in [0.29, 0.717) is 0 Å². The van der Waals surface area contributed by atoms with Crippen molar-refractivity contribution >= 4 is 11.4 Å². The first-order valence-electron chi connectivity index (χ1n) is 4.99. The molecule has 1 aromatic carbocycles. The Morgan fingerprint density at radius 2 is 2.23 bits per heavy atom. The maximum absolute atomic E-state index is 3.45. The van der Waals surface area contributed by atoms with Gasteiger partial charge in [0.05, 0.1) is 11.4 Å². The summed E-state index contributed by atoms with van der Waals surface area (Å²) in [6.45, 7) is 5.56. The molecule has 0 unspecified atom stereocenters. The van der Waals surface area contributed by atoms with Gasteiger partial charge in [0.25, 0.3) is 0 Å². The Morgan fingerprint density at radius 1 is 1.38 bits per heavy atom. The molecule has 1 aliphatic heterocycles. The second-order valence-electron chi connectivity index (χ2n) is 3.38. The summed E-state index contributed by atoms with van der Waals surface area (Å²) >= 11 is 0. The highest BCUT2D eigenvalue weighted by molar-refractivity contribution is 5.70. The van der Waals surface area contributed by atoms with Crippen LogP contribution in [0.3, 0.4) is 0 Å². The zero-order chi connectivity index (χ0) is 9.10. The summed E-state index contributed by atoms with van der Waals surface area (Å²) in [6, 6.07) is 8.54. The van der Waals surface area contributed by atoms with Crippen LogP contribution < -0.4 is 10.2 Å². The minimum atomic E-state index is 1.09. The predicted octanol–water partition coefficient (Wildman–Crippen LogP) is 2.33. The first kappa shape index (κ1) is 8.42. The summed E-state index contributed by atoms with van der Waals surface area (Å²) in [4.78, 5) is 2.43. The van der Waals surface area contributed by atoms with Crippen molar-refractivity contribution in [3.63, 3.8) is 0 Å². The quantitative estimate of drug-likeness (QED) is 0.706. The van der Waals surface area contributed by atoms with E-state index in [1.165, 1.54) is 24.3 Å². The Labute approximate surface area is 79.6 Å². The molecule has 0 saturated heterocycles. The van der Waals surface area contributed by atoms with Crippen molar-refractivity contribution in [2.75, 3.05) is 29.9 Å². The van der Waals surface area contributed by atoms with Gasteiger partial charge in [-0.3, -0.25) is 0 Å². The molecule has 2 rings (SSSR count). The van der Waals surface area contributed by atoms with Gasteiger partial charge in [-0.15, -0.1) is 0 Å². The van der Waals surface area contributed by atoms with E-state index in [2.05, 4.69) is 41.4 Å². The second-order valence-corrected chi connectivity index (χ2v) is 3.38. The van der Waals surface area contributed by atoms with Gasteiger partial charge in [-0.25, -0.2) is 0 Å². The first-order chi connectivity index (χ1) is 6.42. The Hall–Kier alpha value is -1.18. The molecule has 0 fully saturated rings. The zero-order valence-corrected chi connectivity index (χ0v) is 8.09. The van der Waals surface area contributed by atoms with Gasteiger partial charge >= 0.3 is 0 Å². The van der Waals surface area contributed by atoms with Crippen molar-refractivity contribution in [3.8, 4) is 0 Å². The van der Waals surface area contributed by atoms with E-state index >= 15 is 0 Å². The molecule has 70 valence electrons. The molecule has 0 aliphatic carbocycles. The maximum atomic E-state index is 3.45. The van der Waals surface area contributed by atoms with E-state index in [9.17, 15) is 0 Å². The molecular weight excluding hydrogens is 160 g/mol. The topological polar surface area (TPSA) is 15.3 Å². The SMILES string of the molecule is CCN1CCCNc2ccccc21. The fraction of sp³-hybridized carbons (Fsp3) is 0.455. The average molecular weight is 176 g/mol. The number of benzene rings is 1. The van der Waals surface area contributed by atoms with Crippen LogP contribution in [0.2, 0.25) is 0 Å². The van der Waals surface area contributed by atoms with Crippen LogP contribution in [0.25, 0.3) is 0 Å². The third-order valence-electron chi connectivity index (χ3n) is 2.55. The van der Waals surface area contributed by atoms with Crippen molar-refractivity contribution in [2.24, 2.45) is 0 Å². The lowest BCUT2D eigenvalue weighted by atomic mass is 10.2. The van der Waals surface area contributed by atoms with Crippen LogP contribution in [0.4, 0.5) is 11.4 Å². The van der Waals surface area contributed by atoms with Crippen LogP contribution in [0.5, 0.6) is 0 Å². The van der Waals surface area contributed by atoms with E-state index in [-0.39, 0.29) is 0 Å². The summed E-state index contributed by atoms with van der Waals surface area (Å²) in [5.74, 6) is 0. The van der Waals surface area contributed by atoms with Crippen LogP contribution in [-0.2, 0) is 0 Å². The molecule has 2 heteroatoms. The van der Waals surface area contributed by atoms with Gasteiger partial charge in [-0.2, -0.15) is 0 Å². The molecule has 0 aromatic heterocycles. The number of fused-ring (bicyclic) bond motifs is 1. The van der Waals surface area contributed by atoms with E-state index < -0.39 is 0 Å². The number of para-hydroxylation sites is 2. The molecule has 0 saturated carbocycles. The van der Waals surface area contributed by atoms with Crippen LogP contribution in [-0.4, -0.2) is 19.6 Å². The van der Waals surface area contributed by atoms with Crippen LogP contribution >= 0.6 is 0 Å². The number of hydrogen-bond donors (Lipinski definition) is 1. The fourth-order valence-corrected chi connectivity index (χ4v) is 1.84. The van der Waals surface area contributed by atoms with E-state index in [1.54, 1.807) is 0 Å². The molecule has 13 heavy (non-hydrogen) atoms. The highest BCUT2D eigenvalue weighted by Crippen LogP contribution is 2.27. The smallest absolute Gasteiger partial charge is 0.0601 e.